The molecule has 1 aliphatic carbocycles. The lowest BCUT2D eigenvalue weighted by Crippen LogP contribution is -2.13. The summed E-state index contributed by atoms with van der Waals surface area (Å²) >= 11 is 6.14. The maximum Gasteiger partial charge on any atom is 0.257 e. The molecule has 1 saturated carbocycles. The van der Waals surface area contributed by atoms with Crippen molar-refractivity contribution < 1.29 is 4.39 Å². The summed E-state index contributed by atoms with van der Waals surface area (Å²) in [5.74, 6) is 1.88. The first-order chi connectivity index (χ1) is 14.6. The topological polar surface area (TPSA) is 46.3 Å². The van der Waals surface area contributed by atoms with Gasteiger partial charge in [-0.3, -0.25) is 4.40 Å². The average Bonchev–Trinajstić information content (AvgIpc) is 3.45. The second-order valence-corrected chi connectivity index (χ2v) is 9.72. The Labute approximate surface area is 186 Å². The molecule has 5 rings (SSSR count). The van der Waals surface area contributed by atoms with Crippen molar-refractivity contribution in [3.63, 3.8) is 0 Å². The molecule has 0 unspecified atom stereocenters. The van der Waals surface area contributed by atoms with Gasteiger partial charge < -0.3 is 4.90 Å². The van der Waals surface area contributed by atoms with E-state index in [0.29, 0.717) is 27.7 Å². The van der Waals surface area contributed by atoms with Gasteiger partial charge in [-0.05, 0) is 73.1 Å². The van der Waals surface area contributed by atoms with E-state index in [9.17, 15) is 4.39 Å². The number of halogens is 2. The summed E-state index contributed by atoms with van der Waals surface area (Å²) in [6, 6.07) is 10.4. The molecule has 1 fully saturated rings. The SMILES string of the molecule is CC(C)(C)C1CC1.Cc1cc(F)cc(N(C)c2nc3nncn3c3cc(Cl)ccc23)c1. The molecule has 0 saturated heterocycles. The summed E-state index contributed by atoms with van der Waals surface area (Å²) in [5.41, 5.74) is 3.00. The van der Waals surface area contributed by atoms with Crippen molar-refractivity contribution in [3.8, 4) is 0 Å². The van der Waals surface area contributed by atoms with E-state index in [-0.39, 0.29) is 5.82 Å². The number of aryl methyl sites for hydroxylation is 1. The highest BCUT2D eigenvalue weighted by Crippen LogP contribution is 2.44. The monoisotopic (exact) mass is 439 g/mol. The Hall–Kier alpha value is -2.73. The van der Waals surface area contributed by atoms with Crippen LogP contribution in [0.1, 0.15) is 39.2 Å². The van der Waals surface area contributed by atoms with E-state index >= 15 is 0 Å². The molecule has 1 aliphatic rings. The third-order valence-electron chi connectivity index (χ3n) is 5.73. The molecule has 0 radical (unpaired) electrons. The second-order valence-electron chi connectivity index (χ2n) is 9.28. The largest absolute Gasteiger partial charge is 0.329 e. The fourth-order valence-electron chi connectivity index (χ4n) is 3.76. The van der Waals surface area contributed by atoms with Crippen molar-refractivity contribution in [1.82, 2.24) is 19.6 Å². The maximum atomic E-state index is 13.8. The maximum absolute atomic E-state index is 13.8. The van der Waals surface area contributed by atoms with Gasteiger partial charge in [-0.15, -0.1) is 10.2 Å². The quantitative estimate of drug-likeness (QED) is 0.353. The van der Waals surface area contributed by atoms with Gasteiger partial charge in [0.1, 0.15) is 18.0 Å². The van der Waals surface area contributed by atoms with E-state index in [2.05, 4.69) is 36.0 Å². The third-order valence-corrected chi connectivity index (χ3v) is 5.96. The van der Waals surface area contributed by atoms with Crippen molar-refractivity contribution in [2.75, 3.05) is 11.9 Å². The Bertz CT molecular complexity index is 1220. The Kier molecular flexibility index (Phi) is 5.60. The molecule has 2 aromatic heterocycles. The Balaban J connectivity index is 0.000000282. The minimum absolute atomic E-state index is 0.284. The summed E-state index contributed by atoms with van der Waals surface area (Å²) in [6.07, 6.45) is 4.55. The lowest BCUT2D eigenvalue weighted by Gasteiger charge is -2.21. The highest BCUT2D eigenvalue weighted by molar-refractivity contribution is 6.31. The van der Waals surface area contributed by atoms with Gasteiger partial charge in [0.05, 0.1) is 5.52 Å². The molecule has 0 N–H and O–H groups in total. The van der Waals surface area contributed by atoms with Crippen molar-refractivity contribution in [2.45, 2.75) is 40.5 Å². The number of anilines is 2. The minimum Gasteiger partial charge on any atom is -0.329 e. The van der Waals surface area contributed by atoms with Crippen LogP contribution in [0.2, 0.25) is 5.02 Å². The van der Waals surface area contributed by atoms with E-state index in [0.717, 1.165) is 22.4 Å². The zero-order valence-corrected chi connectivity index (χ0v) is 19.3. The van der Waals surface area contributed by atoms with Gasteiger partial charge in [-0.1, -0.05) is 32.4 Å². The van der Waals surface area contributed by atoms with Crippen LogP contribution in [-0.4, -0.2) is 26.6 Å². The number of nitrogens with zero attached hydrogens (tertiary/aromatic N) is 5. The molecule has 0 spiro atoms. The molecule has 0 atom stereocenters. The number of hydrogen-bond donors (Lipinski definition) is 0. The molecule has 7 heteroatoms. The third kappa shape index (κ3) is 4.64. The number of hydrogen-bond acceptors (Lipinski definition) is 4. The minimum atomic E-state index is -0.284. The first-order valence-corrected chi connectivity index (χ1v) is 10.8. The summed E-state index contributed by atoms with van der Waals surface area (Å²) < 4.78 is 15.6. The predicted molar refractivity (Wildman–Crippen MR) is 125 cm³/mol. The fraction of sp³-hybridized carbons (Fsp3) is 0.375. The first kappa shape index (κ1) is 21.5. The number of rotatable bonds is 2. The molecule has 5 nitrogen and oxygen atoms in total. The van der Waals surface area contributed by atoms with E-state index < -0.39 is 0 Å². The van der Waals surface area contributed by atoms with Crippen molar-refractivity contribution in [2.24, 2.45) is 11.3 Å². The van der Waals surface area contributed by atoms with Gasteiger partial charge in [-0.25, -0.2) is 4.39 Å². The van der Waals surface area contributed by atoms with E-state index in [1.165, 1.54) is 25.0 Å². The molecule has 4 aromatic rings. The molecular formula is C24H27ClFN5. The Morgan fingerprint density at radius 3 is 2.48 bits per heavy atom. The van der Waals surface area contributed by atoms with Crippen LogP contribution in [-0.2, 0) is 0 Å². The van der Waals surface area contributed by atoms with Gasteiger partial charge >= 0.3 is 0 Å². The Morgan fingerprint density at radius 2 is 1.87 bits per heavy atom. The lowest BCUT2D eigenvalue weighted by atomic mass is 9.91. The molecule has 162 valence electrons. The highest BCUT2D eigenvalue weighted by Gasteiger charge is 2.33. The second kappa shape index (κ2) is 8.08. The molecule has 2 heterocycles. The fourth-order valence-corrected chi connectivity index (χ4v) is 3.93. The van der Waals surface area contributed by atoms with Crippen LogP contribution in [0, 0.1) is 24.1 Å². The molecule has 31 heavy (non-hydrogen) atoms. The van der Waals surface area contributed by atoms with Crippen LogP contribution < -0.4 is 4.90 Å². The van der Waals surface area contributed by atoms with Crippen LogP contribution in [0.25, 0.3) is 16.7 Å². The van der Waals surface area contributed by atoms with Gasteiger partial charge in [-0.2, -0.15) is 4.98 Å². The van der Waals surface area contributed by atoms with E-state index in [1.54, 1.807) is 16.8 Å². The van der Waals surface area contributed by atoms with Crippen LogP contribution in [0.3, 0.4) is 0 Å². The van der Waals surface area contributed by atoms with Crippen molar-refractivity contribution >= 4 is 39.8 Å². The van der Waals surface area contributed by atoms with Crippen LogP contribution in [0.15, 0.2) is 42.7 Å². The molecule has 0 bridgehead atoms. The Morgan fingerprint density at radius 1 is 1.13 bits per heavy atom. The lowest BCUT2D eigenvalue weighted by molar-refractivity contribution is 0.351. The van der Waals surface area contributed by atoms with E-state index in [4.69, 9.17) is 11.6 Å². The average molecular weight is 440 g/mol. The number of aromatic nitrogens is 4. The molecule has 0 aliphatic heterocycles. The van der Waals surface area contributed by atoms with Gasteiger partial charge in [0, 0.05) is 23.1 Å². The zero-order valence-electron chi connectivity index (χ0n) is 18.5. The molecule has 0 amide bonds. The van der Waals surface area contributed by atoms with Gasteiger partial charge in [0.2, 0.25) is 0 Å². The molecule has 2 aromatic carbocycles. The van der Waals surface area contributed by atoms with Crippen LogP contribution in [0.5, 0.6) is 0 Å². The van der Waals surface area contributed by atoms with Crippen molar-refractivity contribution in [1.29, 1.82) is 0 Å². The summed E-state index contributed by atoms with van der Waals surface area (Å²) in [5, 5.41) is 9.42. The summed E-state index contributed by atoms with van der Waals surface area (Å²) in [7, 11) is 1.84. The van der Waals surface area contributed by atoms with Gasteiger partial charge in [0.25, 0.3) is 5.78 Å². The number of benzene rings is 2. The smallest absolute Gasteiger partial charge is 0.257 e. The highest BCUT2D eigenvalue weighted by atomic mass is 35.5. The number of fused-ring (bicyclic) bond motifs is 3. The van der Waals surface area contributed by atoms with Crippen molar-refractivity contribution in [3.05, 3.63) is 59.1 Å². The zero-order chi connectivity index (χ0) is 22.3. The molecular weight excluding hydrogens is 413 g/mol. The van der Waals surface area contributed by atoms with E-state index in [1.807, 2.05) is 37.1 Å². The normalized spacial score (nSPS) is 13.9. The standard InChI is InChI=1S/C17H13ClFN5.C7H14/c1-10-5-12(19)8-13(6-10)23(2)16-14-4-3-11(18)7-15(14)24-9-20-22-17(24)21-16;1-7(2,3)6-4-5-6/h3-9H,1-2H3;6H,4-5H2,1-3H3. The predicted octanol–water partition coefficient (Wildman–Crippen LogP) is 6.59. The van der Waals surface area contributed by atoms with Crippen LogP contribution >= 0.6 is 11.6 Å². The first-order valence-electron chi connectivity index (χ1n) is 10.4. The van der Waals surface area contributed by atoms with Crippen LogP contribution in [0.4, 0.5) is 15.9 Å². The summed E-state index contributed by atoms with van der Waals surface area (Å²) in [6.45, 7) is 8.83. The summed E-state index contributed by atoms with van der Waals surface area (Å²) in [4.78, 5) is 6.41. The van der Waals surface area contributed by atoms with Gasteiger partial charge in [0.15, 0.2) is 0 Å².